The number of ether oxygens (including phenoxy) is 1. The normalized spacial score (nSPS) is 13.9. The van der Waals surface area contributed by atoms with Crippen LogP contribution in [0.1, 0.15) is 48.0 Å². The third-order valence-corrected chi connectivity index (χ3v) is 5.20. The molecule has 0 saturated heterocycles. The molecule has 7 nitrogen and oxygen atoms in total. The molecule has 158 valence electrons. The predicted octanol–water partition coefficient (Wildman–Crippen LogP) is 3.01. The van der Waals surface area contributed by atoms with E-state index in [-0.39, 0.29) is 24.1 Å². The van der Waals surface area contributed by atoms with E-state index in [0.717, 1.165) is 37.7 Å². The molecule has 1 aliphatic rings. The number of para-hydroxylation sites is 2. The van der Waals surface area contributed by atoms with Crippen LogP contribution < -0.4 is 20.7 Å². The summed E-state index contributed by atoms with van der Waals surface area (Å²) in [4.78, 5) is 37.3. The van der Waals surface area contributed by atoms with Gasteiger partial charge in [0.15, 0.2) is 0 Å². The van der Waals surface area contributed by atoms with E-state index < -0.39 is 11.8 Å². The fourth-order valence-electron chi connectivity index (χ4n) is 3.59. The lowest BCUT2D eigenvalue weighted by molar-refractivity contribution is -0.136. The standard InChI is InChI=1S/C23H27N3O4/c1-30-20-14-8-5-9-16(20)15-24-21(27)18-12-6-7-13-19(18)26-23(29)22(28)25-17-10-3-2-4-11-17/h5-9,12-14,17H,2-4,10-11,15H2,1H3,(H,24,27)(H,25,28)(H,26,29). The molecule has 0 bridgehead atoms. The lowest BCUT2D eigenvalue weighted by Gasteiger charge is -2.22. The number of rotatable bonds is 6. The van der Waals surface area contributed by atoms with E-state index in [1.165, 1.54) is 0 Å². The predicted molar refractivity (Wildman–Crippen MR) is 114 cm³/mol. The van der Waals surface area contributed by atoms with Crippen molar-refractivity contribution in [3.05, 3.63) is 59.7 Å². The van der Waals surface area contributed by atoms with Crippen molar-refractivity contribution in [3.63, 3.8) is 0 Å². The summed E-state index contributed by atoms with van der Waals surface area (Å²) < 4.78 is 5.30. The highest BCUT2D eigenvalue weighted by molar-refractivity contribution is 6.40. The molecule has 1 saturated carbocycles. The van der Waals surface area contributed by atoms with Gasteiger partial charge in [0.05, 0.1) is 18.4 Å². The van der Waals surface area contributed by atoms with Gasteiger partial charge in [0, 0.05) is 18.2 Å². The third kappa shape index (κ3) is 5.59. The Hall–Kier alpha value is -3.35. The molecule has 0 atom stereocenters. The van der Waals surface area contributed by atoms with Gasteiger partial charge in [0.25, 0.3) is 5.91 Å². The van der Waals surface area contributed by atoms with Gasteiger partial charge >= 0.3 is 11.8 Å². The average Bonchev–Trinajstić information content (AvgIpc) is 2.78. The van der Waals surface area contributed by atoms with Gasteiger partial charge in [-0.05, 0) is 31.0 Å². The summed E-state index contributed by atoms with van der Waals surface area (Å²) in [6, 6.07) is 14.0. The van der Waals surface area contributed by atoms with Crippen LogP contribution in [-0.4, -0.2) is 30.9 Å². The quantitative estimate of drug-likeness (QED) is 0.639. The zero-order valence-electron chi connectivity index (χ0n) is 17.1. The van der Waals surface area contributed by atoms with Crippen LogP contribution in [0.2, 0.25) is 0 Å². The number of benzene rings is 2. The zero-order chi connectivity index (χ0) is 21.3. The maximum Gasteiger partial charge on any atom is 0.313 e. The van der Waals surface area contributed by atoms with E-state index in [9.17, 15) is 14.4 Å². The van der Waals surface area contributed by atoms with Gasteiger partial charge in [-0.3, -0.25) is 14.4 Å². The van der Waals surface area contributed by atoms with Crippen LogP contribution in [0.15, 0.2) is 48.5 Å². The largest absolute Gasteiger partial charge is 0.496 e. The Labute approximate surface area is 176 Å². The Bertz CT molecular complexity index is 907. The lowest BCUT2D eigenvalue weighted by Crippen LogP contribution is -2.42. The first-order valence-corrected chi connectivity index (χ1v) is 10.2. The first kappa shape index (κ1) is 21.4. The highest BCUT2D eigenvalue weighted by atomic mass is 16.5. The summed E-state index contributed by atoms with van der Waals surface area (Å²) in [6.07, 6.45) is 5.06. The van der Waals surface area contributed by atoms with Gasteiger partial charge in [0.1, 0.15) is 5.75 Å². The summed E-state index contributed by atoms with van der Waals surface area (Å²) >= 11 is 0. The molecular formula is C23H27N3O4. The minimum Gasteiger partial charge on any atom is -0.496 e. The molecule has 0 aliphatic heterocycles. The molecule has 0 unspecified atom stereocenters. The molecule has 0 spiro atoms. The number of nitrogens with one attached hydrogen (secondary N) is 3. The van der Waals surface area contributed by atoms with Gasteiger partial charge < -0.3 is 20.7 Å². The van der Waals surface area contributed by atoms with Crippen LogP contribution >= 0.6 is 0 Å². The minimum atomic E-state index is -0.773. The number of methoxy groups -OCH3 is 1. The van der Waals surface area contributed by atoms with Crippen molar-refractivity contribution < 1.29 is 19.1 Å². The summed E-state index contributed by atoms with van der Waals surface area (Å²) in [5, 5.41) is 8.17. The maximum atomic E-state index is 12.7. The molecular weight excluding hydrogens is 382 g/mol. The highest BCUT2D eigenvalue weighted by Crippen LogP contribution is 2.19. The van der Waals surface area contributed by atoms with Gasteiger partial charge in [-0.2, -0.15) is 0 Å². The Balaban J connectivity index is 1.62. The van der Waals surface area contributed by atoms with E-state index in [4.69, 9.17) is 4.74 Å². The first-order chi connectivity index (χ1) is 14.6. The summed E-state index contributed by atoms with van der Waals surface area (Å²) in [6.45, 7) is 0.271. The van der Waals surface area contributed by atoms with Crippen LogP contribution in [0.5, 0.6) is 5.75 Å². The second-order valence-corrected chi connectivity index (χ2v) is 7.30. The number of amides is 3. The monoisotopic (exact) mass is 409 g/mol. The molecule has 1 aliphatic carbocycles. The summed E-state index contributed by atoms with van der Waals surface area (Å²) in [7, 11) is 1.57. The number of hydrogen-bond acceptors (Lipinski definition) is 4. The van der Waals surface area contributed by atoms with Gasteiger partial charge in [-0.15, -0.1) is 0 Å². The molecule has 3 amide bonds. The van der Waals surface area contributed by atoms with Crippen LogP contribution in [0.25, 0.3) is 0 Å². The van der Waals surface area contributed by atoms with Crippen LogP contribution in [0, 0.1) is 0 Å². The SMILES string of the molecule is COc1ccccc1CNC(=O)c1ccccc1NC(=O)C(=O)NC1CCCCC1. The van der Waals surface area contributed by atoms with Gasteiger partial charge in [-0.25, -0.2) is 0 Å². The Morgan fingerprint density at radius 1 is 0.933 bits per heavy atom. The van der Waals surface area contributed by atoms with Crippen molar-refractivity contribution in [3.8, 4) is 5.75 Å². The zero-order valence-corrected chi connectivity index (χ0v) is 17.1. The van der Waals surface area contributed by atoms with E-state index in [2.05, 4.69) is 16.0 Å². The topological polar surface area (TPSA) is 96.5 Å². The van der Waals surface area contributed by atoms with Crippen molar-refractivity contribution in [1.82, 2.24) is 10.6 Å². The smallest absolute Gasteiger partial charge is 0.313 e. The Kier molecular flexibility index (Phi) is 7.43. The van der Waals surface area contributed by atoms with Gasteiger partial charge in [-0.1, -0.05) is 49.6 Å². The first-order valence-electron chi connectivity index (χ1n) is 10.2. The minimum absolute atomic E-state index is 0.0383. The van der Waals surface area contributed by atoms with Crippen LogP contribution in [0.4, 0.5) is 5.69 Å². The van der Waals surface area contributed by atoms with Crippen molar-refractivity contribution in [2.75, 3.05) is 12.4 Å². The lowest BCUT2D eigenvalue weighted by atomic mass is 9.95. The third-order valence-electron chi connectivity index (χ3n) is 5.20. The Morgan fingerprint density at radius 2 is 1.63 bits per heavy atom. The molecule has 30 heavy (non-hydrogen) atoms. The van der Waals surface area contributed by atoms with Gasteiger partial charge in [0.2, 0.25) is 0 Å². The molecule has 0 aromatic heterocycles. The molecule has 2 aromatic carbocycles. The molecule has 0 radical (unpaired) electrons. The Morgan fingerprint density at radius 3 is 2.40 bits per heavy atom. The second-order valence-electron chi connectivity index (χ2n) is 7.30. The summed E-state index contributed by atoms with van der Waals surface area (Å²) in [5.41, 5.74) is 1.41. The van der Waals surface area contributed by atoms with Crippen molar-refractivity contribution in [2.24, 2.45) is 0 Å². The molecule has 3 N–H and O–H groups in total. The fraction of sp³-hybridized carbons (Fsp3) is 0.348. The van der Waals surface area contributed by atoms with Crippen molar-refractivity contribution >= 4 is 23.4 Å². The number of carbonyl (C=O) groups is 3. The number of anilines is 1. The summed E-state index contributed by atoms with van der Waals surface area (Å²) in [5.74, 6) is -1.13. The highest BCUT2D eigenvalue weighted by Gasteiger charge is 2.22. The van der Waals surface area contributed by atoms with Crippen LogP contribution in [-0.2, 0) is 16.1 Å². The number of hydrogen-bond donors (Lipinski definition) is 3. The molecule has 0 heterocycles. The van der Waals surface area contributed by atoms with E-state index >= 15 is 0 Å². The van der Waals surface area contributed by atoms with Crippen molar-refractivity contribution in [1.29, 1.82) is 0 Å². The molecule has 1 fully saturated rings. The van der Waals surface area contributed by atoms with Crippen molar-refractivity contribution in [2.45, 2.75) is 44.7 Å². The fourth-order valence-corrected chi connectivity index (χ4v) is 3.59. The second kappa shape index (κ2) is 10.4. The maximum absolute atomic E-state index is 12.7. The average molecular weight is 409 g/mol. The van der Waals surface area contributed by atoms with Crippen LogP contribution in [0.3, 0.4) is 0 Å². The molecule has 2 aromatic rings. The van der Waals surface area contributed by atoms with E-state index in [0.29, 0.717) is 11.4 Å². The van der Waals surface area contributed by atoms with E-state index in [1.54, 1.807) is 31.4 Å². The molecule has 7 heteroatoms. The molecule has 3 rings (SSSR count). The van der Waals surface area contributed by atoms with E-state index in [1.807, 2.05) is 24.3 Å². The number of carbonyl (C=O) groups excluding carboxylic acids is 3.